The van der Waals surface area contributed by atoms with Gasteiger partial charge in [-0.05, 0) is 15.9 Å². The smallest absolute Gasteiger partial charge is 0.304 e. The van der Waals surface area contributed by atoms with E-state index in [1.165, 1.54) is 22.8 Å². The number of hydrogen-bond acceptors (Lipinski definition) is 4. The SMILES string of the molecule is C=CCN1C(=O)Nc2c(csc2Br)S1(=O)=O. The van der Waals surface area contributed by atoms with Crippen LogP contribution in [0.3, 0.4) is 0 Å². The Bertz CT molecular complexity index is 564. The molecule has 2 rings (SSSR count). The van der Waals surface area contributed by atoms with E-state index in [0.29, 0.717) is 9.47 Å². The van der Waals surface area contributed by atoms with E-state index in [-0.39, 0.29) is 11.4 Å². The van der Waals surface area contributed by atoms with Crippen molar-refractivity contribution in [2.75, 3.05) is 11.9 Å². The number of nitrogens with one attached hydrogen (secondary N) is 1. The highest BCUT2D eigenvalue weighted by Crippen LogP contribution is 2.40. The summed E-state index contributed by atoms with van der Waals surface area (Å²) >= 11 is 4.41. The number of urea groups is 1. The number of rotatable bonds is 2. The molecule has 0 aromatic carbocycles. The van der Waals surface area contributed by atoms with Gasteiger partial charge in [0.25, 0.3) is 10.0 Å². The molecule has 1 aliphatic heterocycles. The molecule has 0 radical (unpaired) electrons. The molecule has 8 heteroatoms. The summed E-state index contributed by atoms with van der Waals surface area (Å²) in [5.74, 6) is 0. The van der Waals surface area contributed by atoms with Gasteiger partial charge in [-0.25, -0.2) is 17.5 Å². The second-order valence-corrected chi connectivity index (χ2v) is 7.03. The number of hydrogen-bond donors (Lipinski definition) is 1. The van der Waals surface area contributed by atoms with Gasteiger partial charge in [0.1, 0.15) is 4.90 Å². The number of carbonyl (C=O) groups excluding carboxylic acids is 1. The second kappa shape index (κ2) is 3.86. The molecule has 0 saturated carbocycles. The van der Waals surface area contributed by atoms with E-state index in [0.717, 1.165) is 4.31 Å². The van der Waals surface area contributed by atoms with Crippen molar-refractivity contribution in [3.63, 3.8) is 0 Å². The lowest BCUT2D eigenvalue weighted by Gasteiger charge is -2.26. The van der Waals surface area contributed by atoms with Crippen molar-refractivity contribution in [2.24, 2.45) is 0 Å². The van der Waals surface area contributed by atoms with Gasteiger partial charge in [0, 0.05) is 5.38 Å². The molecule has 0 fully saturated rings. The molecule has 2 amide bonds. The van der Waals surface area contributed by atoms with Crippen molar-refractivity contribution in [2.45, 2.75) is 4.90 Å². The number of fused-ring (bicyclic) bond motifs is 1. The summed E-state index contributed by atoms with van der Waals surface area (Å²) in [6.45, 7) is 3.38. The minimum absolute atomic E-state index is 0.0406. The quantitative estimate of drug-likeness (QED) is 0.849. The van der Waals surface area contributed by atoms with Crippen molar-refractivity contribution < 1.29 is 13.2 Å². The molecular weight excluding hydrogens is 316 g/mol. The maximum atomic E-state index is 12.0. The van der Waals surface area contributed by atoms with E-state index in [1.54, 1.807) is 0 Å². The average molecular weight is 323 g/mol. The zero-order chi connectivity index (χ0) is 11.9. The highest BCUT2D eigenvalue weighted by atomic mass is 79.9. The predicted octanol–water partition coefficient (Wildman–Crippen LogP) is 2.23. The Hall–Kier alpha value is -0.860. The van der Waals surface area contributed by atoms with Crippen molar-refractivity contribution in [3.05, 3.63) is 21.8 Å². The molecule has 1 aliphatic rings. The Morgan fingerprint density at radius 3 is 2.94 bits per heavy atom. The van der Waals surface area contributed by atoms with E-state index in [2.05, 4.69) is 27.8 Å². The van der Waals surface area contributed by atoms with Crippen LogP contribution in [-0.4, -0.2) is 25.3 Å². The third-order valence-corrected chi connectivity index (χ3v) is 5.68. The van der Waals surface area contributed by atoms with Crippen LogP contribution in [0.4, 0.5) is 10.5 Å². The van der Waals surface area contributed by atoms with Crippen LogP contribution in [0.5, 0.6) is 0 Å². The van der Waals surface area contributed by atoms with Crippen molar-refractivity contribution >= 4 is 49.0 Å². The first-order valence-corrected chi connectivity index (χ1v) is 7.31. The van der Waals surface area contributed by atoms with Crippen molar-refractivity contribution in [1.82, 2.24) is 4.31 Å². The van der Waals surface area contributed by atoms with Gasteiger partial charge in [0.05, 0.1) is 16.0 Å². The molecule has 1 N–H and O–H groups in total. The second-order valence-electron chi connectivity index (χ2n) is 3.00. The fraction of sp³-hybridized carbons (Fsp3) is 0.125. The Morgan fingerprint density at radius 1 is 1.62 bits per heavy atom. The molecule has 0 spiro atoms. The van der Waals surface area contributed by atoms with Crippen LogP contribution in [-0.2, 0) is 10.0 Å². The molecule has 0 unspecified atom stereocenters. The fourth-order valence-electron chi connectivity index (χ4n) is 1.32. The maximum Gasteiger partial charge on any atom is 0.336 e. The van der Waals surface area contributed by atoms with Crippen LogP contribution in [0, 0.1) is 0 Å². The van der Waals surface area contributed by atoms with Crippen LogP contribution >= 0.6 is 27.3 Å². The first-order valence-electron chi connectivity index (χ1n) is 4.20. The van der Waals surface area contributed by atoms with Crippen LogP contribution in [0.1, 0.15) is 0 Å². The predicted molar refractivity (Wildman–Crippen MR) is 65.1 cm³/mol. The Morgan fingerprint density at radius 2 is 2.31 bits per heavy atom. The highest BCUT2D eigenvalue weighted by Gasteiger charge is 2.37. The standard InChI is InChI=1S/C8H7BrN2O3S2/c1-2-3-11-8(12)10-6-5(16(11,13)14)4-15-7(6)9/h2,4H,1,3H2,(H,10,12). The summed E-state index contributed by atoms with van der Waals surface area (Å²) in [6, 6.07) is -0.661. The molecule has 16 heavy (non-hydrogen) atoms. The Labute approximate surface area is 105 Å². The summed E-state index contributed by atoms with van der Waals surface area (Å²) in [4.78, 5) is 11.7. The van der Waals surface area contributed by atoms with Gasteiger partial charge in [-0.2, -0.15) is 0 Å². The van der Waals surface area contributed by atoms with E-state index in [4.69, 9.17) is 0 Å². The van der Waals surface area contributed by atoms with Gasteiger partial charge in [-0.15, -0.1) is 17.9 Å². The fourth-order valence-corrected chi connectivity index (χ4v) is 4.56. The highest BCUT2D eigenvalue weighted by molar-refractivity contribution is 9.11. The van der Waals surface area contributed by atoms with Crippen molar-refractivity contribution in [1.29, 1.82) is 0 Å². The van der Waals surface area contributed by atoms with Crippen molar-refractivity contribution in [3.8, 4) is 0 Å². The summed E-state index contributed by atoms with van der Waals surface area (Å²) in [7, 11) is -3.74. The van der Waals surface area contributed by atoms with Gasteiger partial charge in [0.15, 0.2) is 0 Å². The van der Waals surface area contributed by atoms with Gasteiger partial charge in [-0.1, -0.05) is 6.08 Å². The molecule has 0 saturated heterocycles. The lowest BCUT2D eigenvalue weighted by atomic mass is 10.5. The van der Waals surface area contributed by atoms with Crippen LogP contribution in [0.2, 0.25) is 0 Å². The number of nitrogens with zero attached hydrogens (tertiary/aromatic N) is 1. The van der Waals surface area contributed by atoms with E-state index in [9.17, 15) is 13.2 Å². The molecule has 5 nitrogen and oxygen atoms in total. The van der Waals surface area contributed by atoms with Crippen LogP contribution in [0.25, 0.3) is 0 Å². The first-order chi connectivity index (χ1) is 7.48. The minimum atomic E-state index is -3.74. The van der Waals surface area contributed by atoms with Gasteiger partial charge in [0.2, 0.25) is 0 Å². The molecule has 0 aliphatic carbocycles. The lowest BCUT2D eigenvalue weighted by molar-refractivity contribution is 0.237. The molecule has 1 aromatic rings. The molecule has 0 bridgehead atoms. The van der Waals surface area contributed by atoms with E-state index < -0.39 is 16.1 Å². The molecule has 86 valence electrons. The summed E-state index contributed by atoms with van der Waals surface area (Å²) in [5, 5.41) is 4.01. The summed E-state index contributed by atoms with van der Waals surface area (Å²) in [5.41, 5.74) is 0.315. The van der Waals surface area contributed by atoms with E-state index in [1.807, 2.05) is 0 Å². The zero-order valence-electron chi connectivity index (χ0n) is 7.94. The van der Waals surface area contributed by atoms with Gasteiger partial charge < -0.3 is 5.32 Å². The largest absolute Gasteiger partial charge is 0.336 e. The third kappa shape index (κ3) is 1.57. The lowest BCUT2D eigenvalue weighted by Crippen LogP contribution is -2.43. The normalized spacial score (nSPS) is 17.8. The molecule has 0 atom stereocenters. The summed E-state index contributed by atoms with van der Waals surface area (Å²) < 4.78 is 25.4. The average Bonchev–Trinajstić information content (AvgIpc) is 2.56. The molecule has 1 aromatic heterocycles. The number of thiophene rings is 1. The topological polar surface area (TPSA) is 66.5 Å². The van der Waals surface area contributed by atoms with Gasteiger partial charge in [-0.3, -0.25) is 0 Å². The molecule has 2 heterocycles. The third-order valence-electron chi connectivity index (χ3n) is 2.03. The minimum Gasteiger partial charge on any atom is -0.304 e. The Balaban J connectivity index is 2.61. The number of carbonyl (C=O) groups is 1. The number of anilines is 1. The molecular formula is C8H7BrN2O3S2. The van der Waals surface area contributed by atoms with Gasteiger partial charge >= 0.3 is 6.03 Å². The number of sulfonamides is 1. The number of halogens is 1. The number of amides is 2. The zero-order valence-corrected chi connectivity index (χ0v) is 11.2. The van der Waals surface area contributed by atoms with E-state index >= 15 is 0 Å². The summed E-state index contributed by atoms with van der Waals surface area (Å²) in [6.07, 6.45) is 1.36. The Kier molecular flexibility index (Phi) is 2.81. The van der Waals surface area contributed by atoms with Crippen LogP contribution in [0.15, 0.2) is 26.7 Å². The van der Waals surface area contributed by atoms with Crippen LogP contribution < -0.4 is 5.32 Å². The monoisotopic (exact) mass is 322 g/mol. The first kappa shape index (κ1) is 11.6. The maximum absolute atomic E-state index is 12.0.